The van der Waals surface area contributed by atoms with E-state index in [9.17, 15) is 14.4 Å². The molecular formula is C20H26N4O5S. The van der Waals surface area contributed by atoms with Crippen LogP contribution in [0.1, 0.15) is 26.6 Å². The smallest absolute Gasteiger partial charge is 0.291 e. The van der Waals surface area contributed by atoms with E-state index in [1.165, 1.54) is 17.6 Å². The van der Waals surface area contributed by atoms with Crippen LogP contribution in [0.5, 0.6) is 0 Å². The summed E-state index contributed by atoms with van der Waals surface area (Å²) in [6.07, 6.45) is 2.22. The van der Waals surface area contributed by atoms with Crippen LogP contribution in [0.2, 0.25) is 0 Å². The highest BCUT2D eigenvalue weighted by Crippen LogP contribution is 2.24. The molecule has 0 unspecified atom stereocenters. The second-order valence-corrected chi connectivity index (χ2v) is 7.94. The number of thiophene rings is 1. The van der Waals surface area contributed by atoms with Crippen molar-refractivity contribution in [2.75, 3.05) is 58.3 Å². The van der Waals surface area contributed by atoms with Crippen molar-refractivity contribution < 1.29 is 23.5 Å². The normalized spacial score (nSPS) is 14.5. The average Bonchev–Trinajstić information content (AvgIpc) is 3.44. The summed E-state index contributed by atoms with van der Waals surface area (Å²) in [6.45, 7) is 3.95. The summed E-state index contributed by atoms with van der Waals surface area (Å²) in [5, 5.41) is 6.19. The predicted molar refractivity (Wildman–Crippen MR) is 113 cm³/mol. The van der Waals surface area contributed by atoms with Gasteiger partial charge in [0.2, 0.25) is 5.91 Å². The van der Waals surface area contributed by atoms with Gasteiger partial charge < -0.3 is 24.7 Å². The number of carbonyl (C=O) groups is 3. The van der Waals surface area contributed by atoms with Gasteiger partial charge in [-0.2, -0.15) is 0 Å². The number of nitrogens with zero attached hydrogens (tertiary/aromatic N) is 2. The van der Waals surface area contributed by atoms with Gasteiger partial charge in [0.25, 0.3) is 11.8 Å². The van der Waals surface area contributed by atoms with Gasteiger partial charge in [-0.05, 0) is 30.7 Å². The van der Waals surface area contributed by atoms with Gasteiger partial charge >= 0.3 is 0 Å². The summed E-state index contributed by atoms with van der Waals surface area (Å²) in [4.78, 5) is 41.1. The van der Waals surface area contributed by atoms with E-state index in [4.69, 9.17) is 9.15 Å². The fourth-order valence-corrected chi connectivity index (χ4v) is 3.94. The molecule has 3 amide bonds. The fraction of sp³-hybridized carbons (Fsp3) is 0.450. The van der Waals surface area contributed by atoms with Gasteiger partial charge in [-0.3, -0.25) is 19.3 Å². The van der Waals surface area contributed by atoms with Gasteiger partial charge in [0, 0.05) is 46.4 Å². The van der Waals surface area contributed by atoms with E-state index in [1.807, 2.05) is 4.90 Å². The maximum atomic E-state index is 12.8. The third-order valence-corrected chi connectivity index (χ3v) is 5.66. The highest BCUT2D eigenvalue weighted by molar-refractivity contribution is 7.18. The van der Waals surface area contributed by atoms with Gasteiger partial charge in [-0.15, -0.1) is 11.3 Å². The summed E-state index contributed by atoms with van der Waals surface area (Å²) >= 11 is 1.23. The highest BCUT2D eigenvalue weighted by atomic mass is 32.1. The number of nitrogens with one attached hydrogen (secondary N) is 2. The lowest BCUT2D eigenvalue weighted by molar-refractivity contribution is -0.122. The number of amides is 3. The van der Waals surface area contributed by atoms with E-state index in [0.29, 0.717) is 55.8 Å². The first kappa shape index (κ1) is 22.0. The lowest BCUT2D eigenvalue weighted by Gasteiger charge is -2.34. The zero-order valence-electron chi connectivity index (χ0n) is 16.9. The highest BCUT2D eigenvalue weighted by Gasteiger charge is 2.24. The second-order valence-electron chi connectivity index (χ2n) is 6.86. The molecule has 1 fully saturated rings. The molecule has 0 aromatic carbocycles. The van der Waals surface area contributed by atoms with E-state index < -0.39 is 0 Å². The Bertz CT molecular complexity index is 843. The number of piperazine rings is 1. The SMILES string of the molecule is COCCCNC(=O)CN1CCN(C(=O)c2ccc(NC(=O)c3ccco3)s2)CC1. The van der Waals surface area contributed by atoms with Crippen LogP contribution in [0.25, 0.3) is 0 Å². The molecule has 2 N–H and O–H groups in total. The van der Waals surface area contributed by atoms with E-state index in [2.05, 4.69) is 10.6 Å². The zero-order valence-corrected chi connectivity index (χ0v) is 17.7. The van der Waals surface area contributed by atoms with E-state index >= 15 is 0 Å². The molecule has 3 rings (SSSR count). The molecule has 0 spiro atoms. The molecule has 0 bridgehead atoms. The molecule has 9 nitrogen and oxygen atoms in total. The number of rotatable bonds is 9. The van der Waals surface area contributed by atoms with Crippen LogP contribution in [0.4, 0.5) is 5.00 Å². The van der Waals surface area contributed by atoms with Crippen molar-refractivity contribution in [1.29, 1.82) is 0 Å². The number of carbonyl (C=O) groups excluding carboxylic acids is 3. The largest absolute Gasteiger partial charge is 0.459 e. The molecule has 0 saturated carbocycles. The van der Waals surface area contributed by atoms with Crippen molar-refractivity contribution >= 4 is 34.1 Å². The van der Waals surface area contributed by atoms with Gasteiger partial charge in [0.05, 0.1) is 22.7 Å². The topological polar surface area (TPSA) is 104 Å². The third-order valence-electron chi connectivity index (χ3n) is 4.67. The minimum Gasteiger partial charge on any atom is -0.459 e. The molecule has 2 aromatic heterocycles. The number of furan rings is 1. The minimum absolute atomic E-state index is 0.0129. The van der Waals surface area contributed by atoms with E-state index in [1.54, 1.807) is 36.3 Å². The van der Waals surface area contributed by atoms with Crippen LogP contribution in [-0.2, 0) is 9.53 Å². The van der Waals surface area contributed by atoms with Gasteiger partial charge in [-0.25, -0.2) is 0 Å². The molecule has 0 radical (unpaired) electrons. The molecule has 1 aliphatic heterocycles. The van der Waals surface area contributed by atoms with Gasteiger partial charge in [0.15, 0.2) is 5.76 Å². The van der Waals surface area contributed by atoms with Crippen molar-refractivity contribution in [3.05, 3.63) is 41.2 Å². The number of methoxy groups -OCH3 is 1. The Morgan fingerprint density at radius 2 is 1.97 bits per heavy atom. The molecule has 2 aromatic rings. The molecule has 0 aliphatic carbocycles. The molecule has 10 heteroatoms. The summed E-state index contributed by atoms with van der Waals surface area (Å²) in [7, 11) is 1.64. The van der Waals surface area contributed by atoms with Crippen molar-refractivity contribution in [3.8, 4) is 0 Å². The first-order valence-corrected chi connectivity index (χ1v) is 10.6. The van der Waals surface area contributed by atoms with Crippen LogP contribution in [0, 0.1) is 0 Å². The van der Waals surface area contributed by atoms with Gasteiger partial charge in [0.1, 0.15) is 0 Å². The summed E-state index contributed by atoms with van der Waals surface area (Å²) in [5.74, 6) is -0.215. The van der Waals surface area contributed by atoms with Gasteiger partial charge in [-0.1, -0.05) is 0 Å². The van der Waals surface area contributed by atoms with E-state index in [-0.39, 0.29) is 23.5 Å². The lowest BCUT2D eigenvalue weighted by Crippen LogP contribution is -2.51. The summed E-state index contributed by atoms with van der Waals surface area (Å²) < 4.78 is 10.0. The Morgan fingerprint density at radius 1 is 1.17 bits per heavy atom. The van der Waals surface area contributed by atoms with E-state index in [0.717, 1.165) is 6.42 Å². The molecule has 3 heterocycles. The van der Waals surface area contributed by atoms with Crippen LogP contribution < -0.4 is 10.6 Å². The number of hydrogen-bond acceptors (Lipinski definition) is 7. The number of anilines is 1. The lowest BCUT2D eigenvalue weighted by atomic mass is 10.3. The van der Waals surface area contributed by atoms with Crippen LogP contribution in [0.3, 0.4) is 0 Å². The predicted octanol–water partition coefficient (Wildman–Crippen LogP) is 1.50. The minimum atomic E-state index is -0.352. The quantitative estimate of drug-likeness (QED) is 0.580. The first-order valence-electron chi connectivity index (χ1n) is 9.79. The van der Waals surface area contributed by atoms with Crippen LogP contribution in [0.15, 0.2) is 34.9 Å². The third kappa shape index (κ3) is 6.15. The van der Waals surface area contributed by atoms with Crippen molar-refractivity contribution in [2.45, 2.75) is 6.42 Å². The Hall–Kier alpha value is -2.69. The first-order chi connectivity index (χ1) is 14.6. The summed E-state index contributed by atoms with van der Waals surface area (Å²) in [6, 6.07) is 6.64. The average molecular weight is 435 g/mol. The second kappa shape index (κ2) is 10.9. The number of hydrogen-bond donors (Lipinski definition) is 2. The maximum absolute atomic E-state index is 12.8. The Balaban J connectivity index is 1.42. The van der Waals surface area contributed by atoms with Crippen molar-refractivity contribution in [2.24, 2.45) is 0 Å². The van der Waals surface area contributed by atoms with Crippen LogP contribution in [-0.4, -0.2) is 80.5 Å². The number of ether oxygens (including phenoxy) is 1. The summed E-state index contributed by atoms with van der Waals surface area (Å²) in [5.41, 5.74) is 0. The molecule has 1 saturated heterocycles. The standard InChI is InChI=1S/C20H26N4O5S/c1-28-12-3-7-21-17(25)14-23-8-10-24(11-9-23)20(27)16-5-6-18(30-16)22-19(26)15-4-2-13-29-15/h2,4-6,13H,3,7-12,14H2,1H3,(H,21,25)(H,22,26). The molecule has 1 aliphatic rings. The molecule has 162 valence electrons. The Kier molecular flexibility index (Phi) is 8.00. The van der Waals surface area contributed by atoms with Crippen molar-refractivity contribution in [1.82, 2.24) is 15.1 Å². The maximum Gasteiger partial charge on any atom is 0.291 e. The molecule has 30 heavy (non-hydrogen) atoms. The fourth-order valence-electron chi connectivity index (χ4n) is 3.07. The molecular weight excluding hydrogens is 408 g/mol. The Labute approximate surface area is 179 Å². The Morgan fingerprint density at radius 3 is 2.67 bits per heavy atom. The zero-order chi connectivity index (χ0) is 21.3. The van der Waals surface area contributed by atoms with Crippen molar-refractivity contribution in [3.63, 3.8) is 0 Å². The monoisotopic (exact) mass is 434 g/mol. The molecule has 0 atom stereocenters. The van der Waals surface area contributed by atoms with Crippen LogP contribution >= 0.6 is 11.3 Å².